The third kappa shape index (κ3) is 62.6. The Morgan fingerprint density at radius 1 is 0.287 bits per heavy atom. The lowest BCUT2D eigenvalue weighted by atomic mass is 10.0. The molecule has 0 saturated heterocycles. The van der Waals surface area contributed by atoms with Gasteiger partial charge in [0.1, 0.15) is 19.3 Å². The number of hydrogen-bond donors (Lipinski definition) is 3. The molecule has 3 N–H and O–H groups in total. The molecule has 87 heavy (non-hydrogen) atoms. The first-order valence-corrected chi connectivity index (χ1v) is 38.2. The molecule has 0 rings (SSSR count). The summed E-state index contributed by atoms with van der Waals surface area (Å²) in [6, 6.07) is 0. The van der Waals surface area contributed by atoms with Crippen LogP contribution >= 0.6 is 15.6 Å². The Morgan fingerprint density at radius 2 is 0.483 bits per heavy atom. The van der Waals surface area contributed by atoms with Gasteiger partial charge >= 0.3 is 39.5 Å². The molecular formula is C68H132O17P2. The number of phosphoric ester groups is 2. The van der Waals surface area contributed by atoms with Gasteiger partial charge in [0.2, 0.25) is 0 Å². The fourth-order valence-electron chi connectivity index (χ4n) is 10.1. The number of aliphatic hydroxyl groups is 1. The Hall–Kier alpha value is -1.94. The number of aliphatic hydroxyl groups excluding tert-OH is 1. The van der Waals surface area contributed by atoms with Crippen molar-refractivity contribution in [2.75, 3.05) is 39.6 Å². The van der Waals surface area contributed by atoms with Crippen LogP contribution in [0, 0.1) is 23.7 Å². The van der Waals surface area contributed by atoms with Gasteiger partial charge in [-0.25, -0.2) is 9.13 Å². The molecule has 0 aromatic carbocycles. The van der Waals surface area contributed by atoms with E-state index in [2.05, 4.69) is 55.4 Å². The lowest BCUT2D eigenvalue weighted by Gasteiger charge is -2.21. The van der Waals surface area contributed by atoms with Gasteiger partial charge in [-0.2, -0.15) is 0 Å². The van der Waals surface area contributed by atoms with Crippen molar-refractivity contribution in [2.24, 2.45) is 23.7 Å². The van der Waals surface area contributed by atoms with E-state index in [0.717, 1.165) is 114 Å². The van der Waals surface area contributed by atoms with Crippen molar-refractivity contribution in [3.63, 3.8) is 0 Å². The Labute approximate surface area is 530 Å². The number of hydrogen-bond acceptors (Lipinski definition) is 15. The summed E-state index contributed by atoms with van der Waals surface area (Å²) in [5, 5.41) is 10.6. The summed E-state index contributed by atoms with van der Waals surface area (Å²) in [6.45, 7) is 14.0. The minimum Gasteiger partial charge on any atom is -0.462 e. The fourth-order valence-corrected chi connectivity index (χ4v) is 11.7. The van der Waals surface area contributed by atoms with E-state index in [1.54, 1.807) is 0 Å². The number of phosphoric acid groups is 2. The van der Waals surface area contributed by atoms with Crippen LogP contribution in [0.2, 0.25) is 0 Å². The first kappa shape index (κ1) is 85.1. The number of carbonyl (C=O) groups excluding carboxylic acids is 4. The molecule has 0 fully saturated rings. The minimum atomic E-state index is -4.95. The van der Waals surface area contributed by atoms with Gasteiger partial charge in [-0.1, -0.05) is 280 Å². The molecule has 0 heterocycles. The molecule has 0 bridgehead atoms. The van der Waals surface area contributed by atoms with E-state index in [9.17, 15) is 43.2 Å². The Bertz CT molecular complexity index is 1730. The van der Waals surface area contributed by atoms with Crippen LogP contribution in [-0.4, -0.2) is 96.7 Å². The van der Waals surface area contributed by atoms with Gasteiger partial charge in [0.05, 0.1) is 26.4 Å². The first-order valence-electron chi connectivity index (χ1n) is 35.2. The van der Waals surface area contributed by atoms with Crippen molar-refractivity contribution in [1.29, 1.82) is 0 Å². The highest BCUT2D eigenvalue weighted by molar-refractivity contribution is 7.47. The summed E-state index contributed by atoms with van der Waals surface area (Å²) >= 11 is 0. The molecular weight excluding hydrogens is 1150 g/mol. The molecule has 0 aliphatic carbocycles. The largest absolute Gasteiger partial charge is 0.472 e. The zero-order valence-electron chi connectivity index (χ0n) is 56.6. The zero-order valence-corrected chi connectivity index (χ0v) is 58.4. The third-order valence-corrected chi connectivity index (χ3v) is 17.5. The van der Waals surface area contributed by atoms with Crippen LogP contribution in [0.25, 0.3) is 0 Å². The second-order valence-corrected chi connectivity index (χ2v) is 29.4. The molecule has 0 radical (unpaired) electrons. The summed E-state index contributed by atoms with van der Waals surface area (Å²) in [6.07, 6.45) is 39.0. The average Bonchev–Trinajstić information content (AvgIpc) is 3.63. The molecule has 0 aliphatic rings. The van der Waals surface area contributed by atoms with Crippen molar-refractivity contribution in [2.45, 2.75) is 350 Å². The normalized spacial score (nSPS) is 14.3. The maximum absolute atomic E-state index is 13.0. The average molecular weight is 1280 g/mol. The van der Waals surface area contributed by atoms with Gasteiger partial charge in [-0.05, 0) is 49.4 Å². The fraction of sp³-hybridized carbons (Fsp3) is 0.941. The molecule has 5 atom stereocenters. The Balaban J connectivity index is 5.26. The molecule has 3 unspecified atom stereocenters. The van der Waals surface area contributed by atoms with Crippen LogP contribution < -0.4 is 0 Å². The predicted molar refractivity (Wildman–Crippen MR) is 349 cm³/mol. The van der Waals surface area contributed by atoms with Crippen LogP contribution in [-0.2, 0) is 65.4 Å². The first-order chi connectivity index (χ1) is 41.6. The highest BCUT2D eigenvalue weighted by Gasteiger charge is 2.30. The van der Waals surface area contributed by atoms with Gasteiger partial charge in [-0.3, -0.25) is 37.3 Å². The number of ether oxygens (including phenoxy) is 4. The van der Waals surface area contributed by atoms with Crippen molar-refractivity contribution in [3.05, 3.63) is 0 Å². The molecule has 516 valence electrons. The lowest BCUT2D eigenvalue weighted by Crippen LogP contribution is -2.30. The van der Waals surface area contributed by atoms with E-state index >= 15 is 0 Å². The van der Waals surface area contributed by atoms with Gasteiger partial charge in [0.15, 0.2) is 12.2 Å². The SMILES string of the molecule is CC(C)CCCCCCCCCCCCCC(=O)O[C@H](COC(=O)CCCCCCCCCCC(C)C)COP(=O)(O)OCC(O)COP(=O)(O)OC[C@@H](COC(=O)CCCCCCCCCCC(C)C)OC(=O)CCCCCCCCCCC(C)C. The monoisotopic (exact) mass is 1280 g/mol. The standard InChI is InChI=1S/C68H132O17P2/c1-58(2)44-36-28-20-12-10-9-11-13-26-34-42-50-67(72)84-63(54-78-65(70)48-40-32-24-17-14-21-29-37-45-59(3)4)56-82-86(74,75)80-52-62(69)53-81-87(76,77)83-57-64(85-68(73)51-43-35-27-19-16-23-31-39-47-61(7)8)55-79-66(71)49-41-33-25-18-15-22-30-38-46-60(5)6/h58-64,69H,9-57H2,1-8H3,(H,74,75)(H,76,77)/t62?,63-,64-/m1/s1. The maximum atomic E-state index is 13.0. The van der Waals surface area contributed by atoms with Crippen LogP contribution in [0.4, 0.5) is 0 Å². The Kier molecular flexibility index (Phi) is 56.6. The van der Waals surface area contributed by atoms with Crippen LogP contribution in [0.5, 0.6) is 0 Å². The van der Waals surface area contributed by atoms with E-state index < -0.39 is 97.5 Å². The lowest BCUT2D eigenvalue weighted by molar-refractivity contribution is -0.161. The van der Waals surface area contributed by atoms with E-state index in [4.69, 9.17) is 37.0 Å². The summed E-state index contributed by atoms with van der Waals surface area (Å²) < 4.78 is 68.2. The number of esters is 4. The van der Waals surface area contributed by atoms with Crippen molar-refractivity contribution in [1.82, 2.24) is 0 Å². The van der Waals surface area contributed by atoms with E-state index in [-0.39, 0.29) is 25.7 Å². The molecule has 0 aliphatic heterocycles. The molecule has 0 saturated carbocycles. The third-order valence-electron chi connectivity index (χ3n) is 15.6. The number of unbranched alkanes of at least 4 members (excludes halogenated alkanes) is 31. The number of rotatable bonds is 65. The molecule has 19 heteroatoms. The van der Waals surface area contributed by atoms with Crippen LogP contribution in [0.3, 0.4) is 0 Å². The minimum absolute atomic E-state index is 0.103. The van der Waals surface area contributed by atoms with E-state index in [1.165, 1.54) is 135 Å². The topological polar surface area (TPSA) is 237 Å². The summed E-state index contributed by atoms with van der Waals surface area (Å²) in [4.78, 5) is 72.4. The second-order valence-electron chi connectivity index (χ2n) is 26.5. The van der Waals surface area contributed by atoms with E-state index in [0.29, 0.717) is 25.7 Å². The summed E-state index contributed by atoms with van der Waals surface area (Å²) in [5.41, 5.74) is 0. The smallest absolute Gasteiger partial charge is 0.462 e. The quantitative estimate of drug-likeness (QED) is 0.0222. The van der Waals surface area contributed by atoms with Crippen molar-refractivity contribution in [3.8, 4) is 0 Å². The van der Waals surface area contributed by atoms with Crippen LogP contribution in [0.15, 0.2) is 0 Å². The molecule has 0 spiro atoms. The number of carbonyl (C=O) groups is 4. The van der Waals surface area contributed by atoms with Crippen molar-refractivity contribution >= 4 is 39.5 Å². The summed E-state index contributed by atoms with van der Waals surface area (Å²) in [5.74, 6) is 0.802. The van der Waals surface area contributed by atoms with Gasteiger partial charge < -0.3 is 33.8 Å². The van der Waals surface area contributed by atoms with E-state index in [1.807, 2.05) is 0 Å². The zero-order chi connectivity index (χ0) is 64.7. The van der Waals surface area contributed by atoms with Gasteiger partial charge in [0.25, 0.3) is 0 Å². The van der Waals surface area contributed by atoms with Gasteiger partial charge in [-0.15, -0.1) is 0 Å². The predicted octanol–water partition coefficient (Wildman–Crippen LogP) is 18.9. The van der Waals surface area contributed by atoms with Crippen LogP contribution in [0.1, 0.15) is 331 Å². The molecule has 0 amide bonds. The van der Waals surface area contributed by atoms with Crippen molar-refractivity contribution < 1.29 is 80.2 Å². The highest BCUT2D eigenvalue weighted by atomic mass is 31.2. The Morgan fingerprint density at radius 3 is 0.713 bits per heavy atom. The second kappa shape index (κ2) is 57.9. The molecule has 0 aromatic rings. The maximum Gasteiger partial charge on any atom is 0.472 e. The van der Waals surface area contributed by atoms with Gasteiger partial charge in [0, 0.05) is 25.7 Å². The highest BCUT2D eigenvalue weighted by Crippen LogP contribution is 2.45. The summed E-state index contributed by atoms with van der Waals surface area (Å²) in [7, 11) is -9.90. The molecule has 0 aromatic heterocycles. The molecule has 17 nitrogen and oxygen atoms in total.